The van der Waals surface area contributed by atoms with Crippen LogP contribution in [0.4, 0.5) is 0 Å². The number of aryl methyl sites for hydroxylation is 1. The van der Waals surface area contributed by atoms with Gasteiger partial charge in [0, 0.05) is 13.5 Å². The number of furan rings is 1. The second-order valence-corrected chi connectivity index (χ2v) is 3.19. The minimum absolute atomic E-state index is 0.268. The average molecular weight is 184 g/mol. The number of ether oxygens (including phenoxy) is 1. The lowest BCUT2D eigenvalue weighted by atomic mass is 10.2. The molecule has 1 N–H and O–H groups in total. The summed E-state index contributed by atoms with van der Waals surface area (Å²) in [6, 6.07) is 3.83. The number of rotatable bonds is 5. The molecule has 3 heteroatoms. The van der Waals surface area contributed by atoms with E-state index in [0.29, 0.717) is 6.61 Å². The van der Waals surface area contributed by atoms with E-state index in [0.717, 1.165) is 24.4 Å². The van der Waals surface area contributed by atoms with E-state index in [4.69, 9.17) is 14.3 Å². The molecule has 0 spiro atoms. The monoisotopic (exact) mass is 184 g/mol. The maximum absolute atomic E-state index is 9.06. The molecule has 1 aromatic heterocycles. The number of hydrogen-bond donors (Lipinski definition) is 1. The van der Waals surface area contributed by atoms with E-state index in [1.807, 2.05) is 12.1 Å². The van der Waals surface area contributed by atoms with Crippen molar-refractivity contribution in [1.29, 1.82) is 0 Å². The van der Waals surface area contributed by atoms with Crippen LogP contribution < -0.4 is 0 Å². The SMILES string of the molecule is COCc1ccc(CCC(C)O)o1. The molecule has 0 saturated carbocycles. The van der Waals surface area contributed by atoms with Gasteiger partial charge in [-0.1, -0.05) is 0 Å². The van der Waals surface area contributed by atoms with Crippen LogP contribution in [0.5, 0.6) is 0 Å². The number of aliphatic hydroxyl groups excluding tert-OH is 1. The molecule has 0 aliphatic rings. The molecule has 74 valence electrons. The predicted molar refractivity (Wildman–Crippen MR) is 49.4 cm³/mol. The first-order chi connectivity index (χ1) is 6.22. The summed E-state index contributed by atoms with van der Waals surface area (Å²) in [4.78, 5) is 0. The van der Waals surface area contributed by atoms with Crippen LogP contribution in [0.1, 0.15) is 24.9 Å². The molecule has 0 fully saturated rings. The van der Waals surface area contributed by atoms with Crippen molar-refractivity contribution in [3.8, 4) is 0 Å². The highest BCUT2D eigenvalue weighted by molar-refractivity contribution is 5.06. The Morgan fingerprint density at radius 3 is 2.77 bits per heavy atom. The van der Waals surface area contributed by atoms with Gasteiger partial charge in [-0.25, -0.2) is 0 Å². The Labute approximate surface area is 78.3 Å². The smallest absolute Gasteiger partial charge is 0.129 e. The molecule has 3 nitrogen and oxygen atoms in total. The first kappa shape index (κ1) is 10.3. The normalized spacial score (nSPS) is 13.2. The van der Waals surface area contributed by atoms with Gasteiger partial charge in [0.2, 0.25) is 0 Å². The van der Waals surface area contributed by atoms with Gasteiger partial charge in [0.1, 0.15) is 18.1 Å². The van der Waals surface area contributed by atoms with Crippen LogP contribution >= 0.6 is 0 Å². The van der Waals surface area contributed by atoms with Crippen LogP contribution in [0, 0.1) is 0 Å². The maximum Gasteiger partial charge on any atom is 0.129 e. The van der Waals surface area contributed by atoms with E-state index in [2.05, 4.69) is 0 Å². The second kappa shape index (κ2) is 5.04. The summed E-state index contributed by atoms with van der Waals surface area (Å²) in [5, 5.41) is 9.06. The Kier molecular flexibility index (Phi) is 3.99. The fourth-order valence-corrected chi connectivity index (χ4v) is 1.13. The van der Waals surface area contributed by atoms with E-state index in [-0.39, 0.29) is 6.10 Å². The Hall–Kier alpha value is -0.800. The molecule has 1 aromatic rings. The average Bonchev–Trinajstić information content (AvgIpc) is 2.50. The number of hydrogen-bond acceptors (Lipinski definition) is 3. The third kappa shape index (κ3) is 3.61. The van der Waals surface area contributed by atoms with Gasteiger partial charge in [-0.05, 0) is 25.5 Å². The molecule has 13 heavy (non-hydrogen) atoms. The Balaban J connectivity index is 2.39. The summed E-state index contributed by atoms with van der Waals surface area (Å²) in [5.41, 5.74) is 0. The first-order valence-electron chi connectivity index (χ1n) is 4.47. The zero-order valence-electron chi connectivity index (χ0n) is 8.12. The Bertz CT molecular complexity index is 240. The van der Waals surface area contributed by atoms with Crippen molar-refractivity contribution in [3.63, 3.8) is 0 Å². The van der Waals surface area contributed by atoms with Crippen LogP contribution in [0.2, 0.25) is 0 Å². The van der Waals surface area contributed by atoms with Gasteiger partial charge < -0.3 is 14.3 Å². The molecular formula is C10H16O3. The lowest BCUT2D eigenvalue weighted by Crippen LogP contribution is -2.00. The van der Waals surface area contributed by atoms with Gasteiger partial charge >= 0.3 is 0 Å². The van der Waals surface area contributed by atoms with E-state index in [9.17, 15) is 0 Å². The van der Waals surface area contributed by atoms with Crippen molar-refractivity contribution in [3.05, 3.63) is 23.7 Å². The fraction of sp³-hybridized carbons (Fsp3) is 0.600. The highest BCUT2D eigenvalue weighted by atomic mass is 16.5. The van der Waals surface area contributed by atoms with Gasteiger partial charge in [-0.2, -0.15) is 0 Å². The van der Waals surface area contributed by atoms with Crippen molar-refractivity contribution in [2.24, 2.45) is 0 Å². The summed E-state index contributed by atoms with van der Waals surface area (Å²) in [5.74, 6) is 1.75. The van der Waals surface area contributed by atoms with E-state index < -0.39 is 0 Å². The maximum atomic E-state index is 9.06. The third-order valence-electron chi connectivity index (χ3n) is 1.81. The van der Waals surface area contributed by atoms with Crippen LogP contribution in [-0.2, 0) is 17.8 Å². The molecule has 0 aliphatic carbocycles. The molecule has 0 saturated heterocycles. The molecule has 0 bridgehead atoms. The van der Waals surface area contributed by atoms with Crippen molar-refractivity contribution in [2.75, 3.05) is 7.11 Å². The molecule has 0 aliphatic heterocycles. The van der Waals surface area contributed by atoms with Gasteiger partial charge in [0.05, 0.1) is 6.10 Å². The highest BCUT2D eigenvalue weighted by Crippen LogP contribution is 2.11. The van der Waals surface area contributed by atoms with E-state index in [1.54, 1.807) is 14.0 Å². The van der Waals surface area contributed by atoms with E-state index >= 15 is 0 Å². The molecule has 1 atom stereocenters. The van der Waals surface area contributed by atoms with Gasteiger partial charge in [-0.15, -0.1) is 0 Å². The van der Waals surface area contributed by atoms with Crippen molar-refractivity contribution in [1.82, 2.24) is 0 Å². The topological polar surface area (TPSA) is 42.6 Å². The summed E-state index contributed by atoms with van der Waals surface area (Å²) in [6.07, 6.45) is 1.25. The summed E-state index contributed by atoms with van der Waals surface area (Å²) in [6.45, 7) is 2.29. The molecule has 0 radical (unpaired) electrons. The predicted octanol–water partition coefficient (Wildman–Crippen LogP) is 1.74. The standard InChI is InChI=1S/C10H16O3/c1-8(11)3-4-9-5-6-10(13-9)7-12-2/h5-6,8,11H,3-4,7H2,1-2H3. The lowest BCUT2D eigenvalue weighted by Gasteiger charge is -2.00. The third-order valence-corrected chi connectivity index (χ3v) is 1.81. The Morgan fingerprint density at radius 1 is 1.46 bits per heavy atom. The molecule has 0 amide bonds. The lowest BCUT2D eigenvalue weighted by molar-refractivity contribution is 0.160. The van der Waals surface area contributed by atoms with Crippen molar-refractivity contribution >= 4 is 0 Å². The quantitative estimate of drug-likeness (QED) is 0.758. The van der Waals surface area contributed by atoms with Gasteiger partial charge in [0.25, 0.3) is 0 Å². The summed E-state index contributed by atoms with van der Waals surface area (Å²) in [7, 11) is 1.64. The number of aliphatic hydroxyl groups is 1. The van der Waals surface area contributed by atoms with Crippen LogP contribution in [-0.4, -0.2) is 18.3 Å². The van der Waals surface area contributed by atoms with Crippen molar-refractivity contribution < 1.29 is 14.3 Å². The second-order valence-electron chi connectivity index (χ2n) is 3.19. The summed E-state index contributed by atoms with van der Waals surface area (Å²) >= 11 is 0. The van der Waals surface area contributed by atoms with Crippen LogP contribution in [0.25, 0.3) is 0 Å². The Morgan fingerprint density at radius 2 is 2.15 bits per heavy atom. The van der Waals surface area contributed by atoms with Crippen LogP contribution in [0.15, 0.2) is 16.5 Å². The zero-order chi connectivity index (χ0) is 9.68. The van der Waals surface area contributed by atoms with E-state index in [1.165, 1.54) is 0 Å². The first-order valence-corrected chi connectivity index (χ1v) is 4.47. The minimum atomic E-state index is -0.268. The zero-order valence-corrected chi connectivity index (χ0v) is 8.12. The molecule has 1 unspecified atom stereocenters. The minimum Gasteiger partial charge on any atom is -0.464 e. The fourth-order valence-electron chi connectivity index (χ4n) is 1.13. The largest absolute Gasteiger partial charge is 0.464 e. The summed E-state index contributed by atoms with van der Waals surface area (Å²) < 4.78 is 10.4. The molecule has 1 rings (SSSR count). The molecular weight excluding hydrogens is 168 g/mol. The number of methoxy groups -OCH3 is 1. The molecule has 0 aromatic carbocycles. The van der Waals surface area contributed by atoms with Crippen LogP contribution in [0.3, 0.4) is 0 Å². The van der Waals surface area contributed by atoms with Gasteiger partial charge in [-0.3, -0.25) is 0 Å². The molecule has 1 heterocycles. The highest BCUT2D eigenvalue weighted by Gasteiger charge is 2.03. The van der Waals surface area contributed by atoms with Crippen molar-refractivity contribution in [2.45, 2.75) is 32.5 Å². The van der Waals surface area contributed by atoms with Gasteiger partial charge in [0.15, 0.2) is 0 Å².